The van der Waals surface area contributed by atoms with Crippen LogP contribution in [-0.2, 0) is 0 Å². The Morgan fingerprint density at radius 2 is 2.31 bits per heavy atom. The Balaban J connectivity index is 2.37. The SMILES string of the molecule is CCC(C)(CN)Nc1ncnc2ccsc12. The van der Waals surface area contributed by atoms with Gasteiger partial charge < -0.3 is 11.1 Å². The molecule has 0 aliphatic carbocycles. The minimum absolute atomic E-state index is 0.106. The van der Waals surface area contributed by atoms with Crippen LogP contribution in [0.4, 0.5) is 5.82 Å². The summed E-state index contributed by atoms with van der Waals surface area (Å²) in [6, 6.07) is 2.00. The molecule has 2 heterocycles. The molecule has 2 rings (SSSR count). The van der Waals surface area contributed by atoms with Gasteiger partial charge in [-0.3, -0.25) is 0 Å². The molecular formula is C11H16N4S. The van der Waals surface area contributed by atoms with Gasteiger partial charge >= 0.3 is 0 Å². The summed E-state index contributed by atoms with van der Waals surface area (Å²) in [6.45, 7) is 4.81. The number of nitrogens with zero attached hydrogens (tertiary/aromatic N) is 2. The van der Waals surface area contributed by atoms with Crippen molar-refractivity contribution in [3.8, 4) is 0 Å². The molecule has 2 aromatic heterocycles. The first-order valence-electron chi connectivity index (χ1n) is 5.35. The van der Waals surface area contributed by atoms with Crippen molar-refractivity contribution < 1.29 is 0 Å². The predicted molar refractivity (Wildman–Crippen MR) is 68.8 cm³/mol. The summed E-state index contributed by atoms with van der Waals surface area (Å²) in [5, 5.41) is 5.44. The van der Waals surface area contributed by atoms with Crippen molar-refractivity contribution >= 4 is 27.4 Å². The number of fused-ring (bicyclic) bond motifs is 1. The summed E-state index contributed by atoms with van der Waals surface area (Å²) in [4.78, 5) is 8.50. The molecule has 2 aromatic rings. The number of nitrogens with one attached hydrogen (secondary N) is 1. The van der Waals surface area contributed by atoms with E-state index in [1.165, 1.54) is 0 Å². The van der Waals surface area contributed by atoms with Crippen LogP contribution in [0.2, 0.25) is 0 Å². The van der Waals surface area contributed by atoms with Crippen molar-refractivity contribution in [2.45, 2.75) is 25.8 Å². The first kappa shape index (κ1) is 11.3. The molecule has 0 amide bonds. The van der Waals surface area contributed by atoms with Gasteiger partial charge in [0.15, 0.2) is 0 Å². The lowest BCUT2D eigenvalue weighted by Gasteiger charge is -2.28. The van der Waals surface area contributed by atoms with Crippen LogP contribution in [0.5, 0.6) is 0 Å². The first-order chi connectivity index (χ1) is 7.68. The molecule has 0 radical (unpaired) electrons. The van der Waals surface area contributed by atoms with Crippen LogP contribution in [0, 0.1) is 0 Å². The Labute approximate surface area is 98.9 Å². The highest BCUT2D eigenvalue weighted by Gasteiger charge is 2.21. The van der Waals surface area contributed by atoms with Crippen molar-refractivity contribution in [1.82, 2.24) is 9.97 Å². The van der Waals surface area contributed by atoms with Crippen molar-refractivity contribution in [2.75, 3.05) is 11.9 Å². The number of thiophene rings is 1. The molecule has 1 unspecified atom stereocenters. The molecule has 1 atom stereocenters. The number of anilines is 1. The molecule has 0 bridgehead atoms. The molecule has 4 nitrogen and oxygen atoms in total. The van der Waals surface area contributed by atoms with Crippen molar-refractivity contribution in [2.24, 2.45) is 5.73 Å². The summed E-state index contributed by atoms with van der Waals surface area (Å²) in [6.07, 6.45) is 2.55. The fourth-order valence-corrected chi connectivity index (χ4v) is 2.24. The van der Waals surface area contributed by atoms with Gasteiger partial charge in [-0.25, -0.2) is 9.97 Å². The fourth-order valence-electron chi connectivity index (χ4n) is 1.45. The maximum atomic E-state index is 5.78. The van der Waals surface area contributed by atoms with Gasteiger partial charge in [0.05, 0.1) is 10.2 Å². The summed E-state index contributed by atoms with van der Waals surface area (Å²) >= 11 is 1.65. The van der Waals surface area contributed by atoms with Crippen LogP contribution >= 0.6 is 11.3 Å². The van der Waals surface area contributed by atoms with Crippen LogP contribution in [0.25, 0.3) is 10.2 Å². The summed E-state index contributed by atoms with van der Waals surface area (Å²) in [5.41, 5.74) is 6.66. The maximum absolute atomic E-state index is 5.78. The van der Waals surface area contributed by atoms with Gasteiger partial charge in [0, 0.05) is 12.1 Å². The van der Waals surface area contributed by atoms with E-state index >= 15 is 0 Å². The molecule has 0 aliphatic rings. The average Bonchev–Trinajstić information content (AvgIpc) is 2.78. The molecule has 16 heavy (non-hydrogen) atoms. The lowest BCUT2D eigenvalue weighted by atomic mass is 9.99. The van der Waals surface area contributed by atoms with Gasteiger partial charge in [-0.05, 0) is 24.8 Å². The average molecular weight is 236 g/mol. The standard InChI is InChI=1S/C11H16N4S/c1-3-11(2,6-12)15-10-9-8(4-5-16-9)13-7-14-10/h4-5,7H,3,6,12H2,1-2H3,(H,13,14,15). The summed E-state index contributed by atoms with van der Waals surface area (Å²) < 4.78 is 1.09. The van der Waals surface area contributed by atoms with E-state index in [4.69, 9.17) is 5.73 Å². The van der Waals surface area contributed by atoms with Crippen LogP contribution in [0.3, 0.4) is 0 Å². The third-order valence-electron chi connectivity index (χ3n) is 2.89. The van der Waals surface area contributed by atoms with Gasteiger partial charge in [0.2, 0.25) is 0 Å². The number of hydrogen-bond acceptors (Lipinski definition) is 5. The first-order valence-corrected chi connectivity index (χ1v) is 6.23. The van der Waals surface area contributed by atoms with Gasteiger partial charge in [-0.15, -0.1) is 11.3 Å². The van der Waals surface area contributed by atoms with E-state index in [-0.39, 0.29) is 5.54 Å². The number of rotatable bonds is 4. The number of hydrogen-bond donors (Lipinski definition) is 2. The smallest absolute Gasteiger partial charge is 0.147 e. The highest BCUT2D eigenvalue weighted by molar-refractivity contribution is 7.17. The lowest BCUT2D eigenvalue weighted by molar-refractivity contribution is 0.505. The topological polar surface area (TPSA) is 63.8 Å². The third kappa shape index (κ3) is 2.01. The van der Waals surface area contributed by atoms with Crippen LogP contribution in [0.1, 0.15) is 20.3 Å². The Morgan fingerprint density at radius 1 is 1.50 bits per heavy atom. The molecule has 0 saturated heterocycles. The van der Waals surface area contributed by atoms with Crippen molar-refractivity contribution in [3.05, 3.63) is 17.8 Å². The van der Waals surface area contributed by atoms with Gasteiger partial charge in [0.1, 0.15) is 12.1 Å². The van der Waals surface area contributed by atoms with E-state index in [0.29, 0.717) is 6.54 Å². The quantitative estimate of drug-likeness (QED) is 0.854. The Hall–Kier alpha value is -1.20. The van der Waals surface area contributed by atoms with Crippen LogP contribution in [-0.4, -0.2) is 22.1 Å². The Bertz CT molecular complexity index is 476. The Kier molecular flexibility index (Phi) is 3.07. The minimum Gasteiger partial charge on any atom is -0.362 e. The molecule has 3 N–H and O–H groups in total. The number of nitrogens with two attached hydrogens (primary N) is 1. The molecule has 0 saturated carbocycles. The monoisotopic (exact) mass is 236 g/mol. The molecule has 5 heteroatoms. The van der Waals surface area contributed by atoms with E-state index in [0.717, 1.165) is 22.5 Å². The molecule has 0 aliphatic heterocycles. The van der Waals surface area contributed by atoms with Crippen molar-refractivity contribution in [3.63, 3.8) is 0 Å². The van der Waals surface area contributed by atoms with E-state index in [2.05, 4.69) is 29.1 Å². The van der Waals surface area contributed by atoms with Crippen molar-refractivity contribution in [1.29, 1.82) is 0 Å². The van der Waals surface area contributed by atoms with Gasteiger partial charge in [0.25, 0.3) is 0 Å². The minimum atomic E-state index is -0.106. The molecule has 0 aromatic carbocycles. The lowest BCUT2D eigenvalue weighted by Crippen LogP contribution is -2.42. The normalized spacial score (nSPS) is 14.9. The largest absolute Gasteiger partial charge is 0.362 e. The van der Waals surface area contributed by atoms with E-state index < -0.39 is 0 Å². The second-order valence-corrected chi connectivity index (χ2v) is 5.02. The maximum Gasteiger partial charge on any atom is 0.147 e. The predicted octanol–water partition coefficient (Wildman–Crippen LogP) is 2.23. The van der Waals surface area contributed by atoms with Gasteiger partial charge in [-0.2, -0.15) is 0 Å². The van der Waals surface area contributed by atoms with E-state index in [1.807, 2.05) is 11.4 Å². The highest BCUT2D eigenvalue weighted by Crippen LogP contribution is 2.27. The fraction of sp³-hybridized carbons (Fsp3) is 0.455. The van der Waals surface area contributed by atoms with E-state index in [1.54, 1.807) is 17.7 Å². The molecular weight excluding hydrogens is 220 g/mol. The number of aromatic nitrogens is 2. The zero-order valence-corrected chi connectivity index (χ0v) is 10.3. The van der Waals surface area contributed by atoms with E-state index in [9.17, 15) is 0 Å². The zero-order valence-electron chi connectivity index (χ0n) is 9.53. The Morgan fingerprint density at radius 3 is 3.00 bits per heavy atom. The second-order valence-electron chi connectivity index (χ2n) is 4.10. The zero-order chi connectivity index (χ0) is 11.6. The molecule has 0 fully saturated rings. The third-order valence-corrected chi connectivity index (χ3v) is 3.80. The molecule has 86 valence electrons. The van der Waals surface area contributed by atoms with Crippen LogP contribution in [0.15, 0.2) is 17.8 Å². The molecule has 0 spiro atoms. The van der Waals surface area contributed by atoms with Gasteiger partial charge in [-0.1, -0.05) is 6.92 Å². The second kappa shape index (κ2) is 4.35. The highest BCUT2D eigenvalue weighted by atomic mass is 32.1. The summed E-state index contributed by atoms with van der Waals surface area (Å²) in [7, 11) is 0. The summed E-state index contributed by atoms with van der Waals surface area (Å²) in [5.74, 6) is 0.884. The van der Waals surface area contributed by atoms with Crippen LogP contribution < -0.4 is 11.1 Å².